The van der Waals surface area contributed by atoms with Gasteiger partial charge in [0.05, 0.1) is 19.6 Å². The minimum Gasteiger partial charge on any atom is -0.478 e. The number of hydrogen-bond acceptors (Lipinski definition) is 5. The van der Waals surface area contributed by atoms with Crippen LogP contribution in [0.3, 0.4) is 0 Å². The van der Waals surface area contributed by atoms with Crippen LogP contribution in [0.5, 0.6) is 5.75 Å². The third kappa shape index (κ3) is 8.24. The first-order valence-electron chi connectivity index (χ1n) is 7.92. The molecule has 0 amide bonds. The van der Waals surface area contributed by atoms with Gasteiger partial charge >= 0.3 is 11.9 Å². The number of carbonyl (C=O) groups is 2. The Morgan fingerprint density at radius 2 is 1.48 bits per heavy atom. The molecule has 0 fully saturated rings. The molecule has 1 aromatic carbocycles. The summed E-state index contributed by atoms with van der Waals surface area (Å²) in [6.45, 7) is 8.38. The van der Waals surface area contributed by atoms with Crippen molar-refractivity contribution in [3.8, 4) is 5.75 Å². The largest absolute Gasteiger partial charge is 0.478 e. The van der Waals surface area contributed by atoms with E-state index in [4.69, 9.17) is 14.2 Å². The van der Waals surface area contributed by atoms with Gasteiger partial charge in [0.2, 0.25) is 6.10 Å². The lowest BCUT2D eigenvalue weighted by atomic mass is 10.2. The van der Waals surface area contributed by atoms with Crippen molar-refractivity contribution in [3.05, 3.63) is 30.3 Å². The minimum absolute atomic E-state index is 0.168. The van der Waals surface area contributed by atoms with Gasteiger partial charge in [-0.15, -0.1) is 0 Å². The quantitative estimate of drug-likeness (QED) is 0.653. The van der Waals surface area contributed by atoms with Crippen LogP contribution in [0.2, 0.25) is 0 Å². The summed E-state index contributed by atoms with van der Waals surface area (Å²) in [7, 11) is 0. The van der Waals surface area contributed by atoms with Crippen LogP contribution in [0.15, 0.2) is 30.3 Å². The van der Waals surface area contributed by atoms with Gasteiger partial charge in [-0.2, -0.15) is 0 Å². The Hall–Kier alpha value is -2.04. The number of benzene rings is 1. The Labute approximate surface area is 137 Å². The first-order chi connectivity index (χ1) is 10.9. The predicted molar refractivity (Wildman–Crippen MR) is 87.1 cm³/mol. The fraction of sp³-hybridized carbons (Fsp3) is 0.556. The van der Waals surface area contributed by atoms with Crippen molar-refractivity contribution in [1.29, 1.82) is 0 Å². The highest BCUT2D eigenvalue weighted by Crippen LogP contribution is 2.14. The van der Waals surface area contributed by atoms with E-state index in [0.29, 0.717) is 12.4 Å². The van der Waals surface area contributed by atoms with Gasteiger partial charge in [0.25, 0.3) is 0 Å². The van der Waals surface area contributed by atoms with E-state index in [1.165, 1.54) is 0 Å². The van der Waals surface area contributed by atoms with E-state index in [0.717, 1.165) is 0 Å². The lowest BCUT2D eigenvalue weighted by molar-refractivity contribution is -0.159. The summed E-state index contributed by atoms with van der Waals surface area (Å²) in [6.07, 6.45) is -1.17. The smallest absolute Gasteiger partial charge is 0.347 e. The molecule has 0 aliphatic heterocycles. The van der Waals surface area contributed by atoms with Crippen molar-refractivity contribution < 1.29 is 23.8 Å². The highest BCUT2D eigenvalue weighted by Gasteiger charge is 2.26. The van der Waals surface area contributed by atoms with Gasteiger partial charge in [0.15, 0.2) is 0 Å². The standard InChI is InChI=1S/C18H26O5/c1-13(2)11-21-17(19)10-16(18(20)22-12-14(3)4)23-15-8-6-5-7-9-15/h5-9,13-14,16H,10-12H2,1-4H3. The molecular weight excluding hydrogens is 296 g/mol. The number of carbonyl (C=O) groups excluding carboxylic acids is 2. The summed E-state index contributed by atoms with van der Waals surface area (Å²) in [5.74, 6) is -0.0645. The number of esters is 2. The molecule has 1 rings (SSSR count). The van der Waals surface area contributed by atoms with E-state index in [1.807, 2.05) is 33.8 Å². The summed E-state index contributed by atoms with van der Waals surface area (Å²) in [5.41, 5.74) is 0. The van der Waals surface area contributed by atoms with Gasteiger partial charge in [0, 0.05) is 0 Å². The fourth-order valence-electron chi connectivity index (χ4n) is 1.65. The summed E-state index contributed by atoms with van der Waals surface area (Å²) in [4.78, 5) is 24.1. The Balaban J connectivity index is 2.67. The molecule has 0 bridgehead atoms. The van der Waals surface area contributed by atoms with E-state index in [2.05, 4.69) is 0 Å². The molecule has 1 atom stereocenters. The van der Waals surface area contributed by atoms with Crippen LogP contribution in [0.4, 0.5) is 0 Å². The van der Waals surface area contributed by atoms with Gasteiger partial charge in [0.1, 0.15) is 5.75 Å². The molecule has 23 heavy (non-hydrogen) atoms. The Kier molecular flexibility index (Phi) is 8.16. The average molecular weight is 322 g/mol. The molecule has 1 aromatic rings. The molecule has 0 aliphatic rings. The van der Waals surface area contributed by atoms with Crippen LogP contribution >= 0.6 is 0 Å². The molecule has 0 saturated heterocycles. The van der Waals surface area contributed by atoms with Crippen molar-refractivity contribution in [2.45, 2.75) is 40.2 Å². The Bertz CT molecular complexity index is 481. The van der Waals surface area contributed by atoms with Crippen LogP contribution in [0.1, 0.15) is 34.1 Å². The maximum atomic E-state index is 12.2. The van der Waals surface area contributed by atoms with E-state index in [9.17, 15) is 9.59 Å². The zero-order chi connectivity index (χ0) is 17.2. The minimum atomic E-state index is -1.00. The molecule has 5 nitrogen and oxygen atoms in total. The molecule has 0 spiro atoms. The molecule has 0 aromatic heterocycles. The molecule has 1 unspecified atom stereocenters. The first-order valence-corrected chi connectivity index (χ1v) is 7.92. The summed E-state index contributed by atoms with van der Waals surface area (Å²) < 4.78 is 15.9. The van der Waals surface area contributed by atoms with Crippen molar-refractivity contribution in [2.75, 3.05) is 13.2 Å². The van der Waals surface area contributed by atoms with Crippen LogP contribution in [-0.2, 0) is 19.1 Å². The number of hydrogen-bond donors (Lipinski definition) is 0. The lowest BCUT2D eigenvalue weighted by Gasteiger charge is -2.18. The number of ether oxygens (including phenoxy) is 3. The maximum Gasteiger partial charge on any atom is 0.347 e. The zero-order valence-electron chi connectivity index (χ0n) is 14.3. The summed E-state index contributed by atoms with van der Waals surface area (Å²) >= 11 is 0. The molecule has 0 saturated carbocycles. The second kappa shape index (κ2) is 9.87. The van der Waals surface area contributed by atoms with Crippen LogP contribution in [0.25, 0.3) is 0 Å². The molecular formula is C18H26O5. The molecule has 0 radical (unpaired) electrons. The summed E-state index contributed by atoms with van der Waals surface area (Å²) in [5, 5.41) is 0. The van der Waals surface area contributed by atoms with Crippen LogP contribution in [0, 0.1) is 11.8 Å². The highest BCUT2D eigenvalue weighted by atomic mass is 16.6. The lowest BCUT2D eigenvalue weighted by Crippen LogP contribution is -2.33. The normalized spacial score (nSPS) is 12.1. The molecule has 5 heteroatoms. The van der Waals surface area contributed by atoms with Crippen molar-refractivity contribution >= 4 is 11.9 Å². The topological polar surface area (TPSA) is 61.8 Å². The summed E-state index contributed by atoms with van der Waals surface area (Å²) in [6, 6.07) is 8.88. The molecule has 0 N–H and O–H groups in total. The van der Waals surface area contributed by atoms with E-state index in [1.54, 1.807) is 24.3 Å². The van der Waals surface area contributed by atoms with Crippen LogP contribution < -0.4 is 4.74 Å². The van der Waals surface area contributed by atoms with E-state index in [-0.39, 0.29) is 24.9 Å². The van der Waals surface area contributed by atoms with Crippen molar-refractivity contribution in [1.82, 2.24) is 0 Å². The average Bonchev–Trinajstić information content (AvgIpc) is 2.51. The van der Waals surface area contributed by atoms with Gasteiger partial charge < -0.3 is 14.2 Å². The predicted octanol–water partition coefficient (Wildman–Crippen LogP) is 3.22. The van der Waals surface area contributed by atoms with Gasteiger partial charge in [-0.1, -0.05) is 45.9 Å². The third-order valence-corrected chi connectivity index (χ3v) is 2.77. The fourth-order valence-corrected chi connectivity index (χ4v) is 1.65. The van der Waals surface area contributed by atoms with Crippen LogP contribution in [-0.4, -0.2) is 31.3 Å². The van der Waals surface area contributed by atoms with Gasteiger partial charge in [-0.25, -0.2) is 4.79 Å². The third-order valence-electron chi connectivity index (χ3n) is 2.77. The first kappa shape index (κ1) is 19.0. The monoisotopic (exact) mass is 322 g/mol. The number of rotatable bonds is 9. The molecule has 0 heterocycles. The second-order valence-electron chi connectivity index (χ2n) is 6.22. The van der Waals surface area contributed by atoms with E-state index >= 15 is 0 Å². The van der Waals surface area contributed by atoms with Gasteiger partial charge in [-0.05, 0) is 24.0 Å². The van der Waals surface area contributed by atoms with Crippen molar-refractivity contribution in [3.63, 3.8) is 0 Å². The highest BCUT2D eigenvalue weighted by molar-refractivity contribution is 5.82. The Morgan fingerprint density at radius 1 is 0.913 bits per heavy atom. The maximum absolute atomic E-state index is 12.2. The second-order valence-corrected chi connectivity index (χ2v) is 6.22. The molecule has 128 valence electrons. The Morgan fingerprint density at radius 3 is 2.04 bits per heavy atom. The number of para-hydroxylation sites is 1. The van der Waals surface area contributed by atoms with E-state index < -0.39 is 18.0 Å². The molecule has 0 aliphatic carbocycles. The zero-order valence-corrected chi connectivity index (χ0v) is 14.3. The SMILES string of the molecule is CC(C)COC(=O)CC(Oc1ccccc1)C(=O)OCC(C)C. The van der Waals surface area contributed by atoms with Gasteiger partial charge in [-0.3, -0.25) is 4.79 Å². The van der Waals surface area contributed by atoms with Crippen molar-refractivity contribution in [2.24, 2.45) is 11.8 Å².